The van der Waals surface area contributed by atoms with E-state index < -0.39 is 0 Å². The van der Waals surface area contributed by atoms with Gasteiger partial charge in [-0.25, -0.2) is 0 Å². The van der Waals surface area contributed by atoms with Crippen LogP contribution in [0, 0.1) is 40.7 Å². The SMILES string of the molecule is CC(=O)/C=C(/C)O.Cc1[c-]c(-c2cc(C)c3c(C)c(C)ccc3n2)cc(C)c1.[Ir]. The van der Waals surface area contributed by atoms with Gasteiger partial charge < -0.3 is 5.11 Å². The van der Waals surface area contributed by atoms with E-state index in [1.165, 1.54) is 47.6 Å². The first kappa shape index (κ1) is 24.7. The Bertz CT molecular complexity index is 1040. The number of hydrogen-bond acceptors (Lipinski definition) is 3. The molecule has 1 heterocycles. The van der Waals surface area contributed by atoms with Gasteiger partial charge in [0, 0.05) is 31.6 Å². The van der Waals surface area contributed by atoms with Crippen LogP contribution >= 0.6 is 0 Å². The van der Waals surface area contributed by atoms with Gasteiger partial charge in [0.25, 0.3) is 0 Å². The summed E-state index contributed by atoms with van der Waals surface area (Å²) in [6.07, 6.45) is 1.17. The van der Waals surface area contributed by atoms with Gasteiger partial charge in [-0.2, -0.15) is 0 Å². The maximum Gasteiger partial charge on any atom is 0.155 e. The zero-order chi connectivity index (χ0) is 21.0. The molecule has 0 fully saturated rings. The first-order valence-corrected chi connectivity index (χ1v) is 9.35. The Balaban J connectivity index is 0.000000456. The van der Waals surface area contributed by atoms with Crippen LogP contribution in [0.3, 0.4) is 0 Å². The standard InChI is InChI=1S/C20H20N.C5H8O2.Ir/c1-12-8-13(2)10-17(9-12)19-11-15(4)20-16(5)14(3)6-7-18(20)21-19;1-4(6)3-5(2)7;/h6-9,11H,1-5H3;3,6H,1-2H3;/q-1;;/b;4-3-;. The first-order chi connectivity index (χ1) is 13.1. The number of aliphatic hydroxyl groups excluding tert-OH is 1. The number of nitrogens with zero attached hydrogens (tertiary/aromatic N) is 1. The molecule has 3 rings (SSSR count). The fourth-order valence-corrected chi connectivity index (χ4v) is 3.30. The summed E-state index contributed by atoms with van der Waals surface area (Å²) >= 11 is 0. The van der Waals surface area contributed by atoms with Gasteiger partial charge in [-0.15, -0.1) is 34.9 Å². The summed E-state index contributed by atoms with van der Waals surface area (Å²) in [4.78, 5) is 14.9. The molecule has 1 N–H and O–H groups in total. The molecular weight excluding hydrogens is 538 g/mol. The maximum atomic E-state index is 10.0. The number of carbonyl (C=O) groups is 1. The number of rotatable bonds is 2. The third kappa shape index (κ3) is 6.62. The summed E-state index contributed by atoms with van der Waals surface area (Å²) in [7, 11) is 0. The Kier molecular flexibility index (Phi) is 8.94. The number of hydrogen-bond donors (Lipinski definition) is 1. The molecule has 155 valence electrons. The van der Waals surface area contributed by atoms with E-state index in [-0.39, 0.29) is 31.6 Å². The van der Waals surface area contributed by atoms with E-state index in [2.05, 4.69) is 71.0 Å². The van der Waals surface area contributed by atoms with E-state index in [0.29, 0.717) is 0 Å². The van der Waals surface area contributed by atoms with Crippen molar-refractivity contribution in [2.45, 2.75) is 48.5 Å². The molecule has 1 aromatic heterocycles. The molecule has 0 amide bonds. The molecule has 0 aliphatic heterocycles. The molecule has 0 spiro atoms. The molecule has 2 aromatic carbocycles. The van der Waals surface area contributed by atoms with Crippen LogP contribution < -0.4 is 0 Å². The van der Waals surface area contributed by atoms with Crippen molar-refractivity contribution in [2.75, 3.05) is 0 Å². The molecule has 0 unspecified atom stereocenters. The molecule has 3 aromatic rings. The van der Waals surface area contributed by atoms with Gasteiger partial charge in [-0.3, -0.25) is 9.78 Å². The molecule has 0 aliphatic rings. The summed E-state index contributed by atoms with van der Waals surface area (Å²) in [6.45, 7) is 13.5. The number of carbonyl (C=O) groups excluding carboxylic acids is 1. The van der Waals surface area contributed by atoms with Crippen LogP contribution in [0.15, 0.2) is 42.2 Å². The van der Waals surface area contributed by atoms with Crippen LogP contribution in [0.4, 0.5) is 0 Å². The van der Waals surface area contributed by atoms with Gasteiger partial charge >= 0.3 is 0 Å². The van der Waals surface area contributed by atoms with Gasteiger partial charge in [0.15, 0.2) is 5.78 Å². The second-order valence-corrected chi connectivity index (χ2v) is 7.38. The summed E-state index contributed by atoms with van der Waals surface area (Å²) in [5, 5.41) is 9.64. The van der Waals surface area contributed by atoms with Gasteiger partial charge in [-0.1, -0.05) is 26.0 Å². The number of pyridine rings is 1. The summed E-state index contributed by atoms with van der Waals surface area (Å²) in [5.74, 6) is -0.0625. The molecule has 3 nitrogen and oxygen atoms in total. The Morgan fingerprint density at radius 3 is 2.17 bits per heavy atom. The largest absolute Gasteiger partial charge is 0.512 e. The molecule has 29 heavy (non-hydrogen) atoms. The van der Waals surface area contributed by atoms with Crippen LogP contribution in [-0.4, -0.2) is 15.9 Å². The number of benzene rings is 2. The third-order valence-electron chi connectivity index (χ3n) is 4.54. The predicted molar refractivity (Wildman–Crippen MR) is 117 cm³/mol. The predicted octanol–water partition coefficient (Wildman–Crippen LogP) is 6.28. The summed E-state index contributed by atoms with van der Waals surface area (Å²) in [5.41, 5.74) is 9.49. The van der Waals surface area contributed by atoms with Crippen molar-refractivity contribution >= 4 is 16.7 Å². The average Bonchev–Trinajstić information content (AvgIpc) is 2.56. The van der Waals surface area contributed by atoms with E-state index in [0.717, 1.165) is 22.3 Å². The Labute approximate surface area is 187 Å². The van der Waals surface area contributed by atoms with E-state index >= 15 is 0 Å². The minimum absolute atomic E-state index is 0. The fourth-order valence-electron chi connectivity index (χ4n) is 3.30. The molecule has 4 heteroatoms. The van der Waals surface area contributed by atoms with E-state index in [9.17, 15) is 4.79 Å². The van der Waals surface area contributed by atoms with E-state index in [1.54, 1.807) is 0 Å². The van der Waals surface area contributed by atoms with Crippen molar-refractivity contribution in [2.24, 2.45) is 0 Å². The zero-order valence-electron chi connectivity index (χ0n) is 18.1. The molecule has 0 atom stereocenters. The molecule has 0 bridgehead atoms. The van der Waals surface area contributed by atoms with Crippen molar-refractivity contribution < 1.29 is 30.0 Å². The molecule has 0 saturated carbocycles. The van der Waals surface area contributed by atoms with Crippen LogP contribution in [-0.2, 0) is 24.9 Å². The van der Waals surface area contributed by atoms with E-state index in [4.69, 9.17) is 10.1 Å². The van der Waals surface area contributed by atoms with Gasteiger partial charge in [0.1, 0.15) is 0 Å². The van der Waals surface area contributed by atoms with Crippen molar-refractivity contribution in [1.82, 2.24) is 4.98 Å². The van der Waals surface area contributed by atoms with Crippen LogP contribution in [0.2, 0.25) is 0 Å². The van der Waals surface area contributed by atoms with Gasteiger partial charge in [0.05, 0.1) is 11.3 Å². The Hall–Kier alpha value is -2.29. The molecule has 0 aliphatic carbocycles. The van der Waals surface area contributed by atoms with Crippen molar-refractivity contribution in [3.63, 3.8) is 0 Å². The number of ketones is 1. The number of aryl methyl sites for hydroxylation is 5. The van der Waals surface area contributed by atoms with Gasteiger partial charge in [0.2, 0.25) is 0 Å². The Morgan fingerprint density at radius 2 is 1.66 bits per heavy atom. The van der Waals surface area contributed by atoms with Crippen LogP contribution in [0.1, 0.15) is 41.7 Å². The van der Waals surface area contributed by atoms with Crippen LogP contribution in [0.5, 0.6) is 0 Å². The third-order valence-corrected chi connectivity index (χ3v) is 4.54. The zero-order valence-corrected chi connectivity index (χ0v) is 20.5. The Morgan fingerprint density at radius 1 is 1.00 bits per heavy atom. The number of fused-ring (bicyclic) bond motifs is 1. The number of aromatic nitrogens is 1. The van der Waals surface area contributed by atoms with Crippen molar-refractivity contribution in [3.05, 3.63) is 76.1 Å². The van der Waals surface area contributed by atoms with Crippen molar-refractivity contribution in [1.29, 1.82) is 0 Å². The topological polar surface area (TPSA) is 50.2 Å². The minimum atomic E-state index is -0.125. The number of allylic oxidation sites excluding steroid dienone is 2. The fraction of sp³-hybridized carbons (Fsp3) is 0.280. The first-order valence-electron chi connectivity index (χ1n) is 9.35. The molecule has 1 radical (unpaired) electrons. The normalized spacial score (nSPS) is 10.8. The average molecular weight is 567 g/mol. The van der Waals surface area contributed by atoms with Crippen LogP contribution in [0.25, 0.3) is 22.2 Å². The quantitative estimate of drug-likeness (QED) is 0.226. The maximum absolute atomic E-state index is 10.0. The monoisotopic (exact) mass is 567 g/mol. The van der Waals surface area contributed by atoms with E-state index in [1.807, 2.05) is 0 Å². The molecular formula is C25H28IrNO2-. The van der Waals surface area contributed by atoms with Crippen molar-refractivity contribution in [3.8, 4) is 11.3 Å². The smallest absolute Gasteiger partial charge is 0.155 e. The molecule has 0 saturated heterocycles. The minimum Gasteiger partial charge on any atom is -0.512 e. The summed E-state index contributed by atoms with van der Waals surface area (Å²) < 4.78 is 0. The second kappa shape index (κ2) is 10.5. The van der Waals surface area contributed by atoms with Gasteiger partial charge in [-0.05, 0) is 63.1 Å². The number of aliphatic hydroxyl groups is 1. The second-order valence-electron chi connectivity index (χ2n) is 7.38. The summed E-state index contributed by atoms with van der Waals surface area (Å²) in [6, 6.07) is 14.2.